The summed E-state index contributed by atoms with van der Waals surface area (Å²) >= 11 is 0. The second-order valence-electron chi connectivity index (χ2n) is 10.4. The number of aromatic nitrogens is 5. The minimum absolute atomic E-state index is 0.0580. The van der Waals surface area contributed by atoms with E-state index in [-0.39, 0.29) is 5.92 Å². The summed E-state index contributed by atoms with van der Waals surface area (Å²) in [5, 5.41) is 8.46. The number of rotatable bonds is 4. The van der Waals surface area contributed by atoms with Crippen molar-refractivity contribution in [1.82, 2.24) is 24.7 Å². The number of piperidine rings is 1. The first-order chi connectivity index (χ1) is 17.3. The summed E-state index contributed by atoms with van der Waals surface area (Å²) < 4.78 is 41.1. The Hall–Kier alpha value is -3.17. The molecule has 7 nitrogen and oxygen atoms in total. The highest BCUT2D eigenvalue weighted by molar-refractivity contribution is 5.42. The van der Waals surface area contributed by atoms with E-state index in [1.54, 1.807) is 18.5 Å². The molecule has 1 saturated carbocycles. The number of anilines is 2. The van der Waals surface area contributed by atoms with Gasteiger partial charge in [0.25, 0.3) is 0 Å². The monoisotopic (exact) mass is 497 g/mol. The van der Waals surface area contributed by atoms with Gasteiger partial charge < -0.3 is 10.2 Å². The molecule has 36 heavy (non-hydrogen) atoms. The molecule has 0 amide bonds. The molecule has 1 aromatic carbocycles. The lowest BCUT2D eigenvalue weighted by atomic mass is 9.92. The van der Waals surface area contributed by atoms with E-state index in [1.165, 1.54) is 12.1 Å². The first-order valence-electron chi connectivity index (χ1n) is 12.8. The lowest BCUT2D eigenvalue weighted by Crippen LogP contribution is -2.48. The third kappa shape index (κ3) is 4.41. The molecule has 3 aliphatic rings. The number of nitrogens with zero attached hydrogens (tertiary/aromatic N) is 6. The van der Waals surface area contributed by atoms with E-state index in [9.17, 15) is 13.2 Å². The van der Waals surface area contributed by atoms with Gasteiger partial charge in [-0.2, -0.15) is 18.2 Å². The largest absolute Gasteiger partial charge is 0.416 e. The maximum absolute atomic E-state index is 13.1. The van der Waals surface area contributed by atoms with Gasteiger partial charge in [-0.1, -0.05) is 18.6 Å². The highest BCUT2D eigenvalue weighted by Gasteiger charge is 2.43. The molecule has 3 atom stereocenters. The van der Waals surface area contributed by atoms with E-state index < -0.39 is 11.7 Å². The van der Waals surface area contributed by atoms with E-state index >= 15 is 0 Å². The van der Waals surface area contributed by atoms with Crippen molar-refractivity contribution in [1.29, 1.82) is 0 Å². The van der Waals surface area contributed by atoms with E-state index in [1.807, 2.05) is 17.7 Å². The lowest BCUT2D eigenvalue weighted by molar-refractivity contribution is -0.137. The molecule has 1 N–H and O–H groups in total. The van der Waals surface area contributed by atoms with Crippen LogP contribution in [0.4, 0.5) is 24.9 Å². The van der Waals surface area contributed by atoms with Gasteiger partial charge in [0.1, 0.15) is 18.0 Å². The second kappa shape index (κ2) is 9.05. The Morgan fingerprint density at radius 3 is 2.42 bits per heavy atom. The molecule has 0 unspecified atom stereocenters. The average molecular weight is 498 g/mol. The first kappa shape index (κ1) is 23.2. The number of fused-ring (bicyclic) bond motifs is 3. The van der Waals surface area contributed by atoms with Gasteiger partial charge in [0.15, 0.2) is 0 Å². The fourth-order valence-electron chi connectivity index (χ4n) is 6.20. The number of hydrogen-bond acceptors (Lipinski definition) is 6. The Labute approximate surface area is 208 Å². The normalized spacial score (nSPS) is 25.9. The number of halogens is 3. The smallest absolute Gasteiger partial charge is 0.356 e. The van der Waals surface area contributed by atoms with Gasteiger partial charge in [0.2, 0.25) is 5.95 Å². The van der Waals surface area contributed by atoms with E-state index in [4.69, 9.17) is 10.1 Å². The molecule has 2 aromatic heterocycles. The topological polar surface area (TPSA) is 71.8 Å². The van der Waals surface area contributed by atoms with Crippen LogP contribution >= 0.6 is 0 Å². The van der Waals surface area contributed by atoms with Crippen LogP contribution in [0.25, 0.3) is 0 Å². The molecule has 1 aliphatic carbocycles. The van der Waals surface area contributed by atoms with E-state index in [0.29, 0.717) is 23.8 Å². The van der Waals surface area contributed by atoms with Crippen molar-refractivity contribution in [2.24, 2.45) is 11.8 Å². The molecule has 190 valence electrons. The zero-order chi connectivity index (χ0) is 24.9. The molecule has 2 bridgehead atoms. The van der Waals surface area contributed by atoms with Crippen molar-refractivity contribution < 1.29 is 13.2 Å². The number of aryl methyl sites for hydroxylation is 2. The molecule has 0 spiro atoms. The predicted molar refractivity (Wildman–Crippen MR) is 130 cm³/mol. The van der Waals surface area contributed by atoms with Crippen LogP contribution in [-0.2, 0) is 12.7 Å². The molecular formula is C26H30F3N7. The number of nitrogens with one attached hydrogen (secondary N) is 1. The van der Waals surface area contributed by atoms with Crippen molar-refractivity contribution in [3.8, 4) is 0 Å². The van der Waals surface area contributed by atoms with Gasteiger partial charge >= 0.3 is 6.18 Å². The van der Waals surface area contributed by atoms with Gasteiger partial charge in [0.05, 0.1) is 5.56 Å². The Balaban J connectivity index is 1.20. The Morgan fingerprint density at radius 2 is 1.72 bits per heavy atom. The van der Waals surface area contributed by atoms with Crippen LogP contribution in [0.2, 0.25) is 0 Å². The molecule has 3 aromatic rings. The molecular weight excluding hydrogens is 467 g/mol. The lowest BCUT2D eigenvalue weighted by Gasteiger charge is -2.38. The minimum Gasteiger partial charge on any atom is -0.356 e. The Kier molecular flexibility index (Phi) is 5.84. The summed E-state index contributed by atoms with van der Waals surface area (Å²) in [6.45, 7) is 4.64. The van der Waals surface area contributed by atoms with Gasteiger partial charge in [-0.25, -0.2) is 14.6 Å². The van der Waals surface area contributed by atoms with Gasteiger partial charge in [-0.3, -0.25) is 0 Å². The Morgan fingerprint density at radius 1 is 0.972 bits per heavy atom. The van der Waals surface area contributed by atoms with Gasteiger partial charge in [-0.05, 0) is 62.1 Å². The molecule has 4 heterocycles. The molecule has 2 aliphatic heterocycles. The zero-order valence-corrected chi connectivity index (χ0v) is 20.2. The van der Waals surface area contributed by atoms with Gasteiger partial charge in [0, 0.05) is 43.4 Å². The minimum atomic E-state index is -4.33. The van der Waals surface area contributed by atoms with Crippen LogP contribution in [-0.4, -0.2) is 43.9 Å². The standard InChI is InChI=1S/C26H30F3N7/c1-16-12-22(31-15-30-16)35-13-18-5-6-19(14-35)23(18)32-25-33-24-21(4-2-3-11-36(24)34-25)17-7-9-20(10-8-17)26(27,28)29/h7-10,12,15,18-19,21,23H,2-6,11,13-14H2,1H3,(H,32,34)/t18-,19-,21+/m1/s1. The maximum atomic E-state index is 13.1. The first-order valence-corrected chi connectivity index (χ1v) is 12.8. The summed E-state index contributed by atoms with van der Waals surface area (Å²) in [5.41, 5.74) is 1.21. The number of alkyl halides is 3. The SMILES string of the molecule is Cc1cc(N2C[C@H]3CC[C@H](C2)C3Nc2nc3n(n2)CCCC[C@H]3c2ccc(C(F)(F)F)cc2)ncn1. The predicted octanol–water partition coefficient (Wildman–Crippen LogP) is 5.04. The molecule has 2 fully saturated rings. The third-order valence-electron chi connectivity index (χ3n) is 8.01. The molecule has 0 radical (unpaired) electrons. The second-order valence-corrected chi connectivity index (χ2v) is 10.4. The van der Waals surface area contributed by atoms with E-state index in [0.717, 1.165) is 74.6 Å². The summed E-state index contributed by atoms with van der Waals surface area (Å²) in [5.74, 6) is 3.37. The van der Waals surface area contributed by atoms with E-state index in [2.05, 4.69) is 20.2 Å². The highest BCUT2D eigenvalue weighted by Crippen LogP contribution is 2.40. The molecule has 10 heteroatoms. The summed E-state index contributed by atoms with van der Waals surface area (Å²) in [7, 11) is 0. The van der Waals surface area contributed by atoms with Crippen molar-refractivity contribution in [3.63, 3.8) is 0 Å². The van der Waals surface area contributed by atoms with Crippen molar-refractivity contribution in [3.05, 3.63) is 59.3 Å². The van der Waals surface area contributed by atoms with Gasteiger partial charge in [-0.15, -0.1) is 5.10 Å². The van der Waals surface area contributed by atoms with Crippen LogP contribution in [0, 0.1) is 18.8 Å². The number of benzene rings is 1. The summed E-state index contributed by atoms with van der Waals surface area (Å²) in [4.78, 5) is 16.0. The zero-order valence-electron chi connectivity index (χ0n) is 20.2. The fourth-order valence-corrected chi connectivity index (χ4v) is 6.20. The average Bonchev–Trinajstić information content (AvgIpc) is 3.25. The van der Waals surface area contributed by atoms with Crippen molar-refractivity contribution in [2.45, 2.75) is 63.7 Å². The Bertz CT molecular complexity index is 1210. The van der Waals surface area contributed by atoms with Crippen LogP contribution in [0.1, 0.15) is 60.7 Å². The highest BCUT2D eigenvalue weighted by atomic mass is 19.4. The van der Waals surface area contributed by atoms with Crippen LogP contribution in [0.15, 0.2) is 36.7 Å². The fraction of sp³-hybridized carbons (Fsp3) is 0.538. The summed E-state index contributed by atoms with van der Waals surface area (Å²) in [6, 6.07) is 7.88. The third-order valence-corrected chi connectivity index (χ3v) is 8.01. The molecule has 1 saturated heterocycles. The maximum Gasteiger partial charge on any atom is 0.416 e. The molecule has 6 rings (SSSR count). The van der Waals surface area contributed by atoms with Crippen LogP contribution in [0.5, 0.6) is 0 Å². The quantitative estimate of drug-likeness (QED) is 0.545. The summed E-state index contributed by atoms with van der Waals surface area (Å²) in [6.07, 6.45) is 2.44. The van der Waals surface area contributed by atoms with Crippen LogP contribution in [0.3, 0.4) is 0 Å². The van der Waals surface area contributed by atoms with Crippen LogP contribution < -0.4 is 10.2 Å². The van der Waals surface area contributed by atoms with Crippen molar-refractivity contribution >= 4 is 11.8 Å². The number of hydrogen-bond donors (Lipinski definition) is 1. The van der Waals surface area contributed by atoms with Crippen molar-refractivity contribution in [2.75, 3.05) is 23.3 Å².